The van der Waals surface area contributed by atoms with Crippen molar-refractivity contribution in [2.24, 2.45) is 0 Å². The molecule has 3 aromatic rings. The molecule has 138 valence electrons. The zero-order valence-corrected chi connectivity index (χ0v) is 16.3. The van der Waals surface area contributed by atoms with E-state index in [0.717, 1.165) is 5.69 Å². The summed E-state index contributed by atoms with van der Waals surface area (Å²) in [6.07, 6.45) is 0. The minimum Gasteiger partial charge on any atom is -0.372 e. The zero-order chi connectivity index (χ0) is 18.9. The Morgan fingerprint density at radius 2 is 1.48 bits per heavy atom. The largest absolute Gasteiger partial charge is 0.372 e. The Kier molecular flexibility index (Phi) is 6.97. The molecule has 0 saturated carbocycles. The molecule has 0 bridgehead atoms. The lowest BCUT2D eigenvalue weighted by molar-refractivity contribution is 0.106. The van der Waals surface area contributed by atoms with Crippen LogP contribution in [0.1, 0.15) is 22.3 Å². The van der Waals surface area contributed by atoms with Crippen molar-refractivity contribution in [1.82, 2.24) is 5.32 Å². The molecule has 3 nitrogen and oxygen atoms in total. The molecule has 0 heterocycles. The smallest absolute Gasteiger partial charge is 0.171 e. The van der Waals surface area contributed by atoms with Crippen LogP contribution < -0.4 is 10.6 Å². The van der Waals surface area contributed by atoms with Gasteiger partial charge in [0.25, 0.3) is 0 Å². The van der Waals surface area contributed by atoms with E-state index in [1.807, 2.05) is 42.5 Å². The number of benzene rings is 3. The fraction of sp³-hybridized carbons (Fsp3) is 0.174. The highest BCUT2D eigenvalue weighted by atomic mass is 32.1. The van der Waals surface area contributed by atoms with E-state index in [0.29, 0.717) is 24.9 Å². The molecule has 0 aliphatic heterocycles. The summed E-state index contributed by atoms with van der Waals surface area (Å²) in [5.74, 6) is 0. The first-order chi connectivity index (χ1) is 13.2. The third kappa shape index (κ3) is 6.20. The molecule has 0 atom stereocenters. The molecule has 0 amide bonds. The summed E-state index contributed by atoms with van der Waals surface area (Å²) in [5, 5.41) is 7.10. The van der Waals surface area contributed by atoms with E-state index < -0.39 is 0 Å². The minimum absolute atomic E-state index is 0.574. The van der Waals surface area contributed by atoms with E-state index >= 15 is 0 Å². The van der Waals surface area contributed by atoms with Crippen molar-refractivity contribution >= 4 is 23.0 Å². The van der Waals surface area contributed by atoms with Crippen LogP contribution in [-0.4, -0.2) is 5.11 Å². The molecule has 0 fully saturated rings. The number of rotatable bonds is 7. The van der Waals surface area contributed by atoms with Gasteiger partial charge in [-0.3, -0.25) is 0 Å². The summed E-state index contributed by atoms with van der Waals surface area (Å²) in [7, 11) is 0. The van der Waals surface area contributed by atoms with Crippen LogP contribution in [0.25, 0.3) is 0 Å². The van der Waals surface area contributed by atoms with Gasteiger partial charge in [-0.05, 0) is 48.0 Å². The molecule has 0 aliphatic rings. The zero-order valence-electron chi connectivity index (χ0n) is 15.4. The molecular weight excluding hydrogens is 352 g/mol. The Hall–Kier alpha value is -2.69. The lowest BCUT2D eigenvalue weighted by atomic mass is 10.1. The maximum absolute atomic E-state index is 5.88. The molecule has 0 unspecified atom stereocenters. The second-order valence-electron chi connectivity index (χ2n) is 6.42. The normalized spacial score (nSPS) is 10.4. The Balaban J connectivity index is 1.51. The van der Waals surface area contributed by atoms with Crippen LogP contribution >= 0.6 is 12.2 Å². The van der Waals surface area contributed by atoms with E-state index in [2.05, 4.69) is 54.0 Å². The number of ether oxygens (including phenoxy) is 1. The fourth-order valence-corrected chi connectivity index (χ4v) is 2.90. The van der Waals surface area contributed by atoms with Crippen LogP contribution in [0.5, 0.6) is 0 Å². The van der Waals surface area contributed by atoms with Gasteiger partial charge in [-0.2, -0.15) is 0 Å². The van der Waals surface area contributed by atoms with Crippen LogP contribution in [0.3, 0.4) is 0 Å². The first kappa shape index (κ1) is 19.1. The lowest BCUT2D eigenvalue weighted by Crippen LogP contribution is -2.28. The van der Waals surface area contributed by atoms with Crippen LogP contribution in [0, 0.1) is 6.92 Å². The van der Waals surface area contributed by atoms with Crippen molar-refractivity contribution in [2.45, 2.75) is 26.7 Å². The van der Waals surface area contributed by atoms with Gasteiger partial charge in [-0.15, -0.1) is 0 Å². The van der Waals surface area contributed by atoms with Gasteiger partial charge in [0.2, 0.25) is 0 Å². The maximum Gasteiger partial charge on any atom is 0.171 e. The summed E-state index contributed by atoms with van der Waals surface area (Å²) < 4.78 is 5.88. The molecule has 3 aromatic carbocycles. The summed E-state index contributed by atoms with van der Waals surface area (Å²) in [4.78, 5) is 0. The van der Waals surface area contributed by atoms with Crippen molar-refractivity contribution in [2.75, 3.05) is 5.32 Å². The topological polar surface area (TPSA) is 33.3 Å². The summed E-state index contributed by atoms with van der Waals surface area (Å²) in [6.45, 7) is 3.90. The first-order valence-electron chi connectivity index (χ1n) is 9.01. The number of aryl methyl sites for hydroxylation is 1. The van der Waals surface area contributed by atoms with Crippen LogP contribution in [-0.2, 0) is 24.5 Å². The third-order valence-electron chi connectivity index (χ3n) is 4.24. The molecule has 0 aromatic heterocycles. The number of anilines is 1. The molecule has 2 N–H and O–H groups in total. The summed E-state index contributed by atoms with van der Waals surface area (Å²) >= 11 is 5.41. The second kappa shape index (κ2) is 9.86. The van der Waals surface area contributed by atoms with Gasteiger partial charge in [0.1, 0.15) is 0 Å². The Morgan fingerprint density at radius 3 is 2.22 bits per heavy atom. The average Bonchev–Trinajstić information content (AvgIpc) is 2.70. The van der Waals surface area contributed by atoms with Gasteiger partial charge in [0.15, 0.2) is 5.11 Å². The van der Waals surface area contributed by atoms with E-state index in [1.165, 1.54) is 22.3 Å². The molecule has 4 heteroatoms. The van der Waals surface area contributed by atoms with Crippen LogP contribution in [0.15, 0.2) is 78.9 Å². The van der Waals surface area contributed by atoms with Gasteiger partial charge >= 0.3 is 0 Å². The highest BCUT2D eigenvalue weighted by Crippen LogP contribution is 2.12. The lowest BCUT2D eigenvalue weighted by Gasteiger charge is -2.14. The van der Waals surface area contributed by atoms with Gasteiger partial charge in [0.05, 0.1) is 13.2 Å². The summed E-state index contributed by atoms with van der Waals surface area (Å²) in [5.41, 5.74) is 5.73. The molecule has 0 saturated heterocycles. The van der Waals surface area contributed by atoms with E-state index in [4.69, 9.17) is 17.0 Å². The van der Waals surface area contributed by atoms with Gasteiger partial charge in [-0.1, -0.05) is 72.3 Å². The number of thiocarbonyl (C=S) groups is 1. The molecular formula is C23H24N2OS. The Morgan fingerprint density at radius 1 is 0.815 bits per heavy atom. The molecule has 3 rings (SSSR count). The quantitative estimate of drug-likeness (QED) is 0.556. The fourth-order valence-electron chi connectivity index (χ4n) is 2.71. The van der Waals surface area contributed by atoms with Crippen molar-refractivity contribution in [1.29, 1.82) is 0 Å². The van der Waals surface area contributed by atoms with Crippen molar-refractivity contribution in [3.05, 3.63) is 101 Å². The Labute approximate surface area is 166 Å². The standard InChI is InChI=1S/C23H24N2OS/c1-18-11-13-22(14-12-18)25-23(27)24-15-20-9-5-6-10-21(20)17-26-16-19-7-3-2-4-8-19/h2-14H,15-17H2,1H3,(H2,24,25,27). The highest BCUT2D eigenvalue weighted by molar-refractivity contribution is 7.80. The highest BCUT2D eigenvalue weighted by Gasteiger charge is 2.04. The van der Waals surface area contributed by atoms with Crippen molar-refractivity contribution in [3.63, 3.8) is 0 Å². The van der Waals surface area contributed by atoms with Gasteiger partial charge < -0.3 is 15.4 Å². The minimum atomic E-state index is 0.574. The van der Waals surface area contributed by atoms with Crippen molar-refractivity contribution < 1.29 is 4.74 Å². The van der Waals surface area contributed by atoms with E-state index in [-0.39, 0.29) is 0 Å². The second-order valence-corrected chi connectivity index (χ2v) is 6.83. The number of nitrogens with one attached hydrogen (secondary N) is 2. The number of hydrogen-bond donors (Lipinski definition) is 2. The van der Waals surface area contributed by atoms with Gasteiger partial charge in [-0.25, -0.2) is 0 Å². The van der Waals surface area contributed by atoms with E-state index in [1.54, 1.807) is 0 Å². The molecule has 0 aliphatic carbocycles. The monoisotopic (exact) mass is 376 g/mol. The van der Waals surface area contributed by atoms with Gasteiger partial charge in [0, 0.05) is 12.2 Å². The average molecular weight is 377 g/mol. The predicted octanol–water partition coefficient (Wildman–Crippen LogP) is 5.20. The van der Waals surface area contributed by atoms with Crippen LogP contribution in [0.4, 0.5) is 5.69 Å². The summed E-state index contributed by atoms with van der Waals surface area (Å²) in [6, 6.07) is 26.6. The Bertz CT molecular complexity index is 863. The SMILES string of the molecule is Cc1ccc(NC(=S)NCc2ccccc2COCc2ccccc2)cc1. The predicted molar refractivity (Wildman–Crippen MR) is 116 cm³/mol. The maximum atomic E-state index is 5.88. The van der Waals surface area contributed by atoms with E-state index in [9.17, 15) is 0 Å². The first-order valence-corrected chi connectivity index (χ1v) is 9.41. The molecule has 0 radical (unpaired) electrons. The number of hydrogen-bond acceptors (Lipinski definition) is 2. The molecule has 0 spiro atoms. The third-order valence-corrected chi connectivity index (χ3v) is 4.48. The van der Waals surface area contributed by atoms with Crippen LogP contribution in [0.2, 0.25) is 0 Å². The molecule has 27 heavy (non-hydrogen) atoms. The van der Waals surface area contributed by atoms with Crippen molar-refractivity contribution in [3.8, 4) is 0 Å².